The topological polar surface area (TPSA) is 54.2 Å². The summed E-state index contributed by atoms with van der Waals surface area (Å²) in [5.74, 6) is 1.33. The highest BCUT2D eigenvalue weighted by molar-refractivity contribution is 14.0. The molecule has 0 aliphatic carbocycles. The van der Waals surface area contributed by atoms with E-state index in [4.69, 9.17) is 0 Å². The van der Waals surface area contributed by atoms with Gasteiger partial charge in [-0.3, -0.25) is 4.68 Å². The van der Waals surface area contributed by atoms with Crippen LogP contribution in [0, 0.1) is 5.92 Å². The van der Waals surface area contributed by atoms with Crippen LogP contribution in [0.5, 0.6) is 0 Å². The van der Waals surface area contributed by atoms with Crippen molar-refractivity contribution in [3.8, 4) is 0 Å². The van der Waals surface area contributed by atoms with Gasteiger partial charge < -0.3 is 10.6 Å². The molecule has 0 aliphatic heterocycles. The van der Waals surface area contributed by atoms with Crippen LogP contribution in [-0.4, -0.2) is 28.8 Å². The fourth-order valence-corrected chi connectivity index (χ4v) is 2.16. The lowest BCUT2D eigenvalue weighted by atomic mass is 10.2. The third-order valence-corrected chi connectivity index (χ3v) is 3.28. The SMILES string of the molecule is CCNC(=NCc1ccccc1)NCC(C)Cn1cccn1.I. The van der Waals surface area contributed by atoms with E-state index in [2.05, 4.69) is 46.7 Å². The van der Waals surface area contributed by atoms with Gasteiger partial charge in [0, 0.05) is 32.0 Å². The summed E-state index contributed by atoms with van der Waals surface area (Å²) in [6.07, 6.45) is 3.80. The first-order chi connectivity index (χ1) is 10.8. The summed E-state index contributed by atoms with van der Waals surface area (Å²) >= 11 is 0. The van der Waals surface area contributed by atoms with Crippen LogP contribution in [0.4, 0.5) is 0 Å². The van der Waals surface area contributed by atoms with Gasteiger partial charge in [0.25, 0.3) is 0 Å². The monoisotopic (exact) mass is 427 g/mol. The average molecular weight is 427 g/mol. The van der Waals surface area contributed by atoms with E-state index in [-0.39, 0.29) is 24.0 Å². The fraction of sp³-hybridized carbons (Fsp3) is 0.412. The Bertz CT molecular complexity index is 554. The Hall–Kier alpha value is -1.57. The van der Waals surface area contributed by atoms with E-state index in [1.54, 1.807) is 0 Å². The Morgan fingerprint density at radius 2 is 2.00 bits per heavy atom. The van der Waals surface area contributed by atoms with Crippen molar-refractivity contribution in [3.63, 3.8) is 0 Å². The lowest BCUT2D eigenvalue weighted by Gasteiger charge is -2.16. The second-order valence-electron chi connectivity index (χ2n) is 5.39. The summed E-state index contributed by atoms with van der Waals surface area (Å²) in [5, 5.41) is 10.9. The Labute approximate surface area is 155 Å². The van der Waals surface area contributed by atoms with E-state index in [1.807, 2.05) is 41.3 Å². The van der Waals surface area contributed by atoms with Crippen LogP contribution in [0.2, 0.25) is 0 Å². The highest BCUT2D eigenvalue weighted by Crippen LogP contribution is 2.01. The molecular formula is C17H26IN5. The summed E-state index contributed by atoms with van der Waals surface area (Å²) in [6, 6.07) is 12.2. The molecule has 0 amide bonds. The van der Waals surface area contributed by atoms with Crippen LogP contribution in [0.25, 0.3) is 0 Å². The normalized spacial score (nSPS) is 12.3. The predicted molar refractivity (Wildman–Crippen MR) is 106 cm³/mol. The standard InChI is InChI=1S/C17H25N5.HI/c1-3-18-17(20-13-16-8-5-4-6-9-16)19-12-15(2)14-22-11-7-10-21-22;/h4-11,15H,3,12-14H2,1-2H3,(H2,18,19,20);1H. The molecule has 0 bridgehead atoms. The van der Waals surface area contributed by atoms with Gasteiger partial charge in [-0.1, -0.05) is 37.3 Å². The van der Waals surface area contributed by atoms with Crippen molar-refractivity contribution < 1.29 is 0 Å². The van der Waals surface area contributed by atoms with E-state index in [0.717, 1.165) is 25.6 Å². The second kappa shape index (κ2) is 11.0. The maximum Gasteiger partial charge on any atom is 0.191 e. The van der Waals surface area contributed by atoms with E-state index in [1.165, 1.54) is 5.56 Å². The first kappa shape index (κ1) is 19.5. The minimum atomic E-state index is 0. The van der Waals surface area contributed by atoms with Gasteiger partial charge in [0.1, 0.15) is 0 Å². The van der Waals surface area contributed by atoms with Crippen LogP contribution in [0.1, 0.15) is 19.4 Å². The number of guanidine groups is 1. The highest BCUT2D eigenvalue weighted by atomic mass is 127. The lowest BCUT2D eigenvalue weighted by molar-refractivity contribution is 0.443. The number of nitrogens with zero attached hydrogens (tertiary/aromatic N) is 3. The van der Waals surface area contributed by atoms with E-state index in [9.17, 15) is 0 Å². The number of hydrogen-bond acceptors (Lipinski definition) is 2. The summed E-state index contributed by atoms with van der Waals surface area (Å²) in [6.45, 7) is 7.58. The molecule has 2 aromatic rings. The van der Waals surface area contributed by atoms with Crippen molar-refractivity contribution in [1.82, 2.24) is 20.4 Å². The second-order valence-corrected chi connectivity index (χ2v) is 5.39. The maximum absolute atomic E-state index is 4.62. The van der Waals surface area contributed by atoms with Gasteiger partial charge in [-0.2, -0.15) is 5.10 Å². The largest absolute Gasteiger partial charge is 0.357 e. The van der Waals surface area contributed by atoms with Crippen molar-refractivity contribution >= 4 is 29.9 Å². The molecule has 5 nitrogen and oxygen atoms in total. The molecule has 1 aromatic carbocycles. The summed E-state index contributed by atoms with van der Waals surface area (Å²) < 4.78 is 1.96. The van der Waals surface area contributed by atoms with E-state index >= 15 is 0 Å². The third kappa shape index (κ3) is 7.49. The maximum atomic E-state index is 4.62. The minimum absolute atomic E-state index is 0. The predicted octanol–water partition coefficient (Wildman–Crippen LogP) is 2.89. The molecule has 1 heterocycles. The molecule has 2 rings (SSSR count). The Morgan fingerprint density at radius 1 is 1.22 bits per heavy atom. The minimum Gasteiger partial charge on any atom is -0.357 e. The van der Waals surface area contributed by atoms with Crippen LogP contribution in [0.3, 0.4) is 0 Å². The third-order valence-electron chi connectivity index (χ3n) is 3.28. The zero-order valence-electron chi connectivity index (χ0n) is 13.8. The molecule has 1 atom stereocenters. The van der Waals surface area contributed by atoms with Crippen molar-refractivity contribution in [2.45, 2.75) is 26.9 Å². The molecule has 126 valence electrons. The highest BCUT2D eigenvalue weighted by Gasteiger charge is 2.05. The van der Waals surface area contributed by atoms with Crippen molar-refractivity contribution in [3.05, 3.63) is 54.4 Å². The van der Waals surface area contributed by atoms with Gasteiger partial charge in [-0.05, 0) is 24.5 Å². The van der Waals surface area contributed by atoms with Crippen molar-refractivity contribution in [1.29, 1.82) is 0 Å². The molecule has 1 aromatic heterocycles. The average Bonchev–Trinajstić information content (AvgIpc) is 3.04. The molecule has 0 fully saturated rings. The van der Waals surface area contributed by atoms with E-state index < -0.39 is 0 Å². The summed E-state index contributed by atoms with van der Waals surface area (Å²) in [4.78, 5) is 4.62. The summed E-state index contributed by atoms with van der Waals surface area (Å²) in [5.41, 5.74) is 1.21. The fourth-order valence-electron chi connectivity index (χ4n) is 2.16. The molecule has 0 aliphatic rings. The molecule has 0 spiro atoms. The van der Waals surface area contributed by atoms with Gasteiger partial charge in [0.2, 0.25) is 0 Å². The molecule has 6 heteroatoms. The first-order valence-corrected chi connectivity index (χ1v) is 7.81. The van der Waals surface area contributed by atoms with Gasteiger partial charge in [-0.15, -0.1) is 24.0 Å². The molecule has 23 heavy (non-hydrogen) atoms. The number of aromatic nitrogens is 2. The number of hydrogen-bond donors (Lipinski definition) is 2. The van der Waals surface area contributed by atoms with Gasteiger partial charge in [-0.25, -0.2) is 4.99 Å². The molecule has 1 unspecified atom stereocenters. The first-order valence-electron chi connectivity index (χ1n) is 7.81. The van der Waals surface area contributed by atoms with Crippen molar-refractivity contribution in [2.24, 2.45) is 10.9 Å². The van der Waals surface area contributed by atoms with E-state index in [0.29, 0.717) is 12.5 Å². The number of halogens is 1. The number of nitrogens with one attached hydrogen (secondary N) is 2. The van der Waals surface area contributed by atoms with Crippen LogP contribution in [0.15, 0.2) is 53.8 Å². The Balaban J connectivity index is 0.00000264. The number of aliphatic imine (C=N–C) groups is 1. The van der Waals surface area contributed by atoms with Crippen LogP contribution >= 0.6 is 24.0 Å². The van der Waals surface area contributed by atoms with Crippen LogP contribution < -0.4 is 10.6 Å². The van der Waals surface area contributed by atoms with Crippen LogP contribution in [-0.2, 0) is 13.1 Å². The molecule has 2 N–H and O–H groups in total. The van der Waals surface area contributed by atoms with Gasteiger partial charge >= 0.3 is 0 Å². The Morgan fingerprint density at radius 3 is 2.65 bits per heavy atom. The molecule has 0 saturated heterocycles. The van der Waals surface area contributed by atoms with Gasteiger partial charge in [0.15, 0.2) is 5.96 Å². The number of rotatable bonds is 7. The molecular weight excluding hydrogens is 401 g/mol. The molecule has 0 saturated carbocycles. The summed E-state index contributed by atoms with van der Waals surface area (Å²) in [7, 11) is 0. The quantitative estimate of drug-likeness (QED) is 0.406. The smallest absolute Gasteiger partial charge is 0.191 e. The zero-order chi connectivity index (χ0) is 15.6. The van der Waals surface area contributed by atoms with Crippen molar-refractivity contribution in [2.75, 3.05) is 13.1 Å². The van der Waals surface area contributed by atoms with Gasteiger partial charge in [0.05, 0.1) is 6.54 Å². The number of benzene rings is 1. The zero-order valence-corrected chi connectivity index (χ0v) is 16.1. The lowest BCUT2D eigenvalue weighted by Crippen LogP contribution is -2.40. The Kier molecular flexibility index (Phi) is 9.35. The molecule has 0 radical (unpaired) electrons.